The number of rotatable bonds is 5. The minimum absolute atomic E-state index is 0.186. The number of nitrogens with two attached hydrogens (primary N) is 1. The second kappa shape index (κ2) is 5.88. The molecule has 0 radical (unpaired) electrons. The number of hydrogen-bond donors (Lipinski definition) is 3. The first-order valence-electron chi connectivity index (χ1n) is 6.49. The number of hydrogen-bond acceptors (Lipinski definition) is 5. The van der Waals surface area contributed by atoms with Crippen LogP contribution in [0.15, 0.2) is 39.6 Å². The van der Waals surface area contributed by atoms with Crippen molar-refractivity contribution in [2.75, 3.05) is 5.43 Å². The van der Waals surface area contributed by atoms with Crippen LogP contribution in [0.3, 0.4) is 0 Å². The van der Waals surface area contributed by atoms with Gasteiger partial charge in [0, 0.05) is 17.3 Å². The molecule has 1 atom stereocenters. The van der Waals surface area contributed by atoms with Gasteiger partial charge in [0.25, 0.3) is 0 Å². The average molecular weight is 309 g/mol. The topological polar surface area (TPSA) is 97.4 Å². The van der Waals surface area contributed by atoms with Crippen LogP contribution >= 0.6 is 0 Å². The number of hydrazine groups is 1. The molecule has 0 amide bonds. The van der Waals surface area contributed by atoms with Crippen LogP contribution in [0.2, 0.25) is 0 Å². The Morgan fingerprint density at radius 2 is 1.81 bits per heavy atom. The molecule has 4 N–H and O–H groups in total. The van der Waals surface area contributed by atoms with Gasteiger partial charge in [-0.1, -0.05) is 0 Å². The van der Waals surface area contributed by atoms with E-state index in [2.05, 4.69) is 10.1 Å². The molecule has 0 saturated heterocycles. The molecule has 114 valence electrons. The quantitative estimate of drug-likeness (QED) is 0.581. The highest BCUT2D eigenvalue weighted by atomic mass is 32.2. The Hall–Kier alpha value is -1.83. The molecule has 21 heavy (non-hydrogen) atoms. The summed E-state index contributed by atoms with van der Waals surface area (Å²) in [7, 11) is -3.60. The molecule has 7 heteroatoms. The van der Waals surface area contributed by atoms with Crippen molar-refractivity contribution in [1.82, 2.24) is 4.72 Å². The summed E-state index contributed by atoms with van der Waals surface area (Å²) in [5, 5.41) is 0. The van der Waals surface area contributed by atoms with E-state index in [9.17, 15) is 8.42 Å². The van der Waals surface area contributed by atoms with Gasteiger partial charge in [0.05, 0.1) is 4.90 Å². The van der Waals surface area contributed by atoms with E-state index < -0.39 is 10.0 Å². The van der Waals surface area contributed by atoms with Gasteiger partial charge in [-0.2, -0.15) is 0 Å². The van der Waals surface area contributed by atoms with Gasteiger partial charge in [0.15, 0.2) is 0 Å². The van der Waals surface area contributed by atoms with Crippen molar-refractivity contribution in [3.8, 4) is 0 Å². The molecule has 2 aromatic rings. The fourth-order valence-corrected chi connectivity index (χ4v) is 3.40. The van der Waals surface area contributed by atoms with Crippen LogP contribution in [0.5, 0.6) is 0 Å². The zero-order valence-electron chi connectivity index (χ0n) is 12.2. The molecular formula is C14H19N3O3S. The van der Waals surface area contributed by atoms with Crippen molar-refractivity contribution < 1.29 is 12.8 Å². The molecule has 1 unspecified atom stereocenters. The molecule has 0 saturated carbocycles. The van der Waals surface area contributed by atoms with Crippen LogP contribution < -0.4 is 16.0 Å². The van der Waals surface area contributed by atoms with Crippen LogP contribution in [-0.4, -0.2) is 8.42 Å². The molecule has 0 aliphatic rings. The van der Waals surface area contributed by atoms with Gasteiger partial charge in [0.2, 0.25) is 10.0 Å². The van der Waals surface area contributed by atoms with Crippen LogP contribution in [0, 0.1) is 13.8 Å². The fraction of sp³-hybridized carbons (Fsp3) is 0.286. The molecule has 1 heterocycles. The van der Waals surface area contributed by atoms with Crippen molar-refractivity contribution in [2.45, 2.75) is 31.7 Å². The van der Waals surface area contributed by atoms with Crippen LogP contribution in [0.1, 0.15) is 30.0 Å². The highest BCUT2D eigenvalue weighted by molar-refractivity contribution is 7.89. The molecule has 0 spiro atoms. The lowest BCUT2D eigenvalue weighted by Crippen LogP contribution is -2.27. The van der Waals surface area contributed by atoms with Crippen molar-refractivity contribution in [3.05, 3.63) is 47.4 Å². The second-order valence-corrected chi connectivity index (χ2v) is 6.59. The third-order valence-corrected chi connectivity index (χ3v) is 4.77. The number of benzene rings is 1. The molecule has 0 bridgehead atoms. The van der Waals surface area contributed by atoms with Crippen LogP contribution in [0.4, 0.5) is 5.69 Å². The lowest BCUT2D eigenvalue weighted by molar-refractivity contribution is 0.496. The number of aryl methyl sites for hydroxylation is 2. The molecule has 0 aliphatic heterocycles. The number of anilines is 1. The first-order chi connectivity index (χ1) is 9.83. The number of sulfonamides is 1. The van der Waals surface area contributed by atoms with E-state index in [0.29, 0.717) is 11.4 Å². The summed E-state index contributed by atoms with van der Waals surface area (Å²) in [5.74, 6) is 6.73. The maximum Gasteiger partial charge on any atom is 0.241 e. The van der Waals surface area contributed by atoms with Crippen molar-refractivity contribution in [3.63, 3.8) is 0 Å². The van der Waals surface area contributed by atoms with E-state index in [1.54, 1.807) is 19.1 Å². The van der Waals surface area contributed by atoms with Crippen molar-refractivity contribution >= 4 is 15.7 Å². The number of nitrogen functional groups attached to an aromatic ring is 1. The Labute approximate surface area is 124 Å². The van der Waals surface area contributed by atoms with Gasteiger partial charge in [0.1, 0.15) is 11.5 Å². The molecule has 1 aromatic carbocycles. The number of nitrogens with one attached hydrogen (secondary N) is 2. The lowest BCUT2D eigenvalue weighted by Gasteiger charge is -2.14. The summed E-state index contributed by atoms with van der Waals surface area (Å²) in [6.45, 7) is 5.43. The SMILES string of the molecule is Cc1cc(C(C)NS(=O)(=O)c2ccc(NN)cc2)c(C)o1. The van der Waals surface area contributed by atoms with Crippen LogP contribution in [0.25, 0.3) is 0 Å². The lowest BCUT2D eigenvalue weighted by atomic mass is 10.1. The maximum absolute atomic E-state index is 12.3. The monoisotopic (exact) mass is 309 g/mol. The first-order valence-corrected chi connectivity index (χ1v) is 7.98. The second-order valence-electron chi connectivity index (χ2n) is 4.88. The minimum atomic E-state index is -3.60. The van der Waals surface area contributed by atoms with E-state index in [4.69, 9.17) is 10.3 Å². The summed E-state index contributed by atoms with van der Waals surface area (Å²) in [6.07, 6.45) is 0. The Balaban J connectivity index is 2.22. The largest absolute Gasteiger partial charge is 0.466 e. The molecular weight excluding hydrogens is 290 g/mol. The van der Waals surface area contributed by atoms with E-state index in [1.807, 2.05) is 19.9 Å². The predicted octanol–water partition coefficient (Wildman–Crippen LogP) is 2.22. The Bertz CT molecular complexity index is 720. The van der Waals surface area contributed by atoms with Gasteiger partial charge < -0.3 is 9.84 Å². The van der Waals surface area contributed by atoms with Gasteiger partial charge >= 0.3 is 0 Å². The maximum atomic E-state index is 12.3. The summed E-state index contributed by atoms with van der Waals surface area (Å²) < 4.78 is 32.8. The van der Waals surface area contributed by atoms with Crippen LogP contribution in [-0.2, 0) is 10.0 Å². The third-order valence-electron chi connectivity index (χ3n) is 3.21. The first kappa shape index (κ1) is 15.6. The minimum Gasteiger partial charge on any atom is -0.466 e. The predicted molar refractivity (Wildman–Crippen MR) is 81.2 cm³/mol. The summed E-state index contributed by atoms with van der Waals surface area (Å²) in [5.41, 5.74) is 3.93. The molecule has 6 nitrogen and oxygen atoms in total. The number of furan rings is 1. The average Bonchev–Trinajstić information content (AvgIpc) is 2.77. The van der Waals surface area contributed by atoms with E-state index in [-0.39, 0.29) is 10.9 Å². The van der Waals surface area contributed by atoms with E-state index in [1.165, 1.54) is 12.1 Å². The van der Waals surface area contributed by atoms with Gasteiger partial charge in [-0.05, 0) is 51.1 Å². The highest BCUT2D eigenvalue weighted by Crippen LogP contribution is 2.23. The van der Waals surface area contributed by atoms with Crippen molar-refractivity contribution in [1.29, 1.82) is 0 Å². The van der Waals surface area contributed by atoms with Gasteiger partial charge in [-0.25, -0.2) is 13.1 Å². The standard InChI is InChI=1S/C14H19N3O3S/c1-9-8-14(11(3)20-9)10(2)17-21(18,19)13-6-4-12(16-15)5-7-13/h4-8,10,16-17H,15H2,1-3H3. The molecule has 2 rings (SSSR count). The fourth-order valence-electron chi connectivity index (χ4n) is 2.17. The summed E-state index contributed by atoms with van der Waals surface area (Å²) in [6, 6.07) is 7.66. The Morgan fingerprint density at radius 3 is 2.29 bits per heavy atom. The zero-order valence-corrected chi connectivity index (χ0v) is 13.0. The molecule has 0 fully saturated rings. The zero-order chi connectivity index (χ0) is 15.6. The smallest absolute Gasteiger partial charge is 0.241 e. The molecule has 1 aromatic heterocycles. The highest BCUT2D eigenvalue weighted by Gasteiger charge is 2.21. The summed E-state index contributed by atoms with van der Waals surface area (Å²) in [4.78, 5) is 0.186. The van der Waals surface area contributed by atoms with Gasteiger partial charge in [-0.3, -0.25) is 5.84 Å². The Morgan fingerprint density at radius 1 is 1.19 bits per heavy atom. The van der Waals surface area contributed by atoms with E-state index >= 15 is 0 Å². The van der Waals surface area contributed by atoms with E-state index in [0.717, 1.165) is 11.3 Å². The van der Waals surface area contributed by atoms with Gasteiger partial charge in [-0.15, -0.1) is 0 Å². The van der Waals surface area contributed by atoms with Crippen molar-refractivity contribution in [2.24, 2.45) is 5.84 Å². The Kier molecular flexibility index (Phi) is 4.36. The normalized spacial score (nSPS) is 13.1. The molecule has 0 aliphatic carbocycles. The summed E-state index contributed by atoms with van der Waals surface area (Å²) >= 11 is 0. The third kappa shape index (κ3) is 3.44.